The molecule has 0 unspecified atom stereocenters. The molecular weight excluding hydrogens is 430 g/mol. The SMILES string of the molecule is CCOCCCn1c(=O)c2ccccc2n2c(SCc3nc4ccccc4s3)nnc12. The van der Waals surface area contributed by atoms with Crippen LogP contribution >= 0.6 is 23.1 Å². The van der Waals surface area contributed by atoms with Gasteiger partial charge in [0.1, 0.15) is 5.01 Å². The van der Waals surface area contributed by atoms with Crippen LogP contribution in [0.5, 0.6) is 0 Å². The van der Waals surface area contributed by atoms with Crippen molar-refractivity contribution >= 4 is 50.0 Å². The number of hydrogen-bond acceptors (Lipinski definition) is 7. The molecule has 0 atom stereocenters. The second-order valence-electron chi connectivity index (χ2n) is 7.01. The van der Waals surface area contributed by atoms with Crippen molar-refractivity contribution in [2.75, 3.05) is 13.2 Å². The summed E-state index contributed by atoms with van der Waals surface area (Å²) < 4.78 is 10.3. The van der Waals surface area contributed by atoms with Gasteiger partial charge in [0.05, 0.1) is 26.9 Å². The highest BCUT2D eigenvalue weighted by Gasteiger charge is 2.17. The molecule has 0 aliphatic heterocycles. The Bertz CT molecular complexity index is 1390. The second-order valence-corrected chi connectivity index (χ2v) is 9.06. The molecule has 0 saturated carbocycles. The van der Waals surface area contributed by atoms with Crippen molar-refractivity contribution in [1.82, 2.24) is 24.1 Å². The summed E-state index contributed by atoms with van der Waals surface area (Å²) in [6.07, 6.45) is 0.739. The van der Waals surface area contributed by atoms with Gasteiger partial charge < -0.3 is 4.74 Å². The number of para-hydroxylation sites is 2. The lowest BCUT2D eigenvalue weighted by Crippen LogP contribution is -2.24. The number of aromatic nitrogens is 5. The Balaban J connectivity index is 1.52. The first kappa shape index (κ1) is 20.2. The quantitative estimate of drug-likeness (QED) is 0.258. The number of ether oxygens (including phenoxy) is 1. The van der Waals surface area contributed by atoms with Crippen LogP contribution in [0.4, 0.5) is 0 Å². The Morgan fingerprint density at radius 1 is 1.10 bits per heavy atom. The van der Waals surface area contributed by atoms with Gasteiger partial charge in [0, 0.05) is 19.8 Å². The molecule has 3 heterocycles. The van der Waals surface area contributed by atoms with Gasteiger partial charge in [-0.15, -0.1) is 21.5 Å². The van der Waals surface area contributed by atoms with Crippen molar-refractivity contribution in [1.29, 1.82) is 0 Å². The van der Waals surface area contributed by atoms with E-state index in [0.29, 0.717) is 36.7 Å². The highest BCUT2D eigenvalue weighted by atomic mass is 32.2. The number of rotatable bonds is 8. The standard InChI is InChI=1S/C22H21N5O2S2/c1-2-29-13-7-12-26-20(28)15-8-3-5-10-17(15)27-21(26)24-25-22(27)30-14-19-23-16-9-4-6-11-18(16)31-19/h3-6,8-11H,2,7,12-14H2,1H3. The lowest BCUT2D eigenvalue weighted by Gasteiger charge is -2.11. The van der Waals surface area contributed by atoms with E-state index in [-0.39, 0.29) is 5.56 Å². The van der Waals surface area contributed by atoms with Crippen molar-refractivity contribution < 1.29 is 4.74 Å². The number of benzene rings is 2. The molecule has 5 rings (SSSR count). The van der Waals surface area contributed by atoms with Crippen molar-refractivity contribution in [3.8, 4) is 0 Å². The molecule has 0 saturated heterocycles. The maximum absolute atomic E-state index is 13.1. The Labute approximate surface area is 186 Å². The second kappa shape index (κ2) is 8.78. The first-order valence-corrected chi connectivity index (χ1v) is 12.0. The number of thioether (sulfide) groups is 1. The summed E-state index contributed by atoms with van der Waals surface area (Å²) in [7, 11) is 0. The van der Waals surface area contributed by atoms with Gasteiger partial charge in [0.2, 0.25) is 5.78 Å². The van der Waals surface area contributed by atoms with Crippen molar-refractivity contribution in [3.05, 3.63) is 63.9 Å². The van der Waals surface area contributed by atoms with Crippen LogP contribution in [0, 0.1) is 0 Å². The molecule has 0 radical (unpaired) electrons. The van der Waals surface area contributed by atoms with E-state index in [1.165, 1.54) is 4.70 Å². The normalized spacial score (nSPS) is 11.8. The summed E-state index contributed by atoms with van der Waals surface area (Å²) >= 11 is 3.27. The van der Waals surface area contributed by atoms with Crippen LogP contribution in [0.1, 0.15) is 18.4 Å². The Morgan fingerprint density at radius 3 is 2.81 bits per heavy atom. The Morgan fingerprint density at radius 2 is 1.94 bits per heavy atom. The third kappa shape index (κ3) is 3.84. The van der Waals surface area contributed by atoms with Crippen LogP contribution in [0.3, 0.4) is 0 Å². The number of aryl methyl sites for hydroxylation is 1. The van der Waals surface area contributed by atoms with Gasteiger partial charge in [-0.05, 0) is 37.6 Å². The summed E-state index contributed by atoms with van der Waals surface area (Å²) in [6, 6.07) is 15.8. The monoisotopic (exact) mass is 451 g/mol. The molecule has 2 aromatic carbocycles. The number of thiazole rings is 1. The summed E-state index contributed by atoms with van der Waals surface area (Å²) in [5, 5.41) is 11.3. The van der Waals surface area contributed by atoms with Gasteiger partial charge in [-0.3, -0.25) is 13.8 Å². The van der Waals surface area contributed by atoms with E-state index in [4.69, 9.17) is 9.72 Å². The summed E-state index contributed by atoms with van der Waals surface area (Å²) in [6.45, 7) is 3.77. The van der Waals surface area contributed by atoms with Gasteiger partial charge in [-0.2, -0.15) is 0 Å². The smallest absolute Gasteiger partial charge is 0.262 e. The molecule has 0 aliphatic carbocycles. The van der Waals surface area contributed by atoms with E-state index < -0.39 is 0 Å². The van der Waals surface area contributed by atoms with Crippen molar-refractivity contribution in [2.45, 2.75) is 30.8 Å². The molecule has 7 nitrogen and oxygen atoms in total. The molecule has 0 amide bonds. The first-order valence-electron chi connectivity index (χ1n) is 10.2. The maximum atomic E-state index is 13.1. The average Bonchev–Trinajstić information content (AvgIpc) is 3.41. The Kier molecular flexibility index (Phi) is 5.71. The van der Waals surface area contributed by atoms with Gasteiger partial charge in [0.25, 0.3) is 5.56 Å². The van der Waals surface area contributed by atoms with Crippen LogP contribution < -0.4 is 5.56 Å². The van der Waals surface area contributed by atoms with Crippen LogP contribution in [0.2, 0.25) is 0 Å². The maximum Gasteiger partial charge on any atom is 0.262 e. The van der Waals surface area contributed by atoms with Crippen molar-refractivity contribution in [3.63, 3.8) is 0 Å². The molecule has 31 heavy (non-hydrogen) atoms. The molecule has 3 aromatic heterocycles. The minimum absolute atomic E-state index is 0.0466. The zero-order valence-corrected chi connectivity index (χ0v) is 18.7. The fourth-order valence-electron chi connectivity index (χ4n) is 3.61. The summed E-state index contributed by atoms with van der Waals surface area (Å²) in [5.74, 6) is 1.25. The van der Waals surface area contributed by atoms with E-state index in [2.05, 4.69) is 16.3 Å². The van der Waals surface area contributed by atoms with E-state index >= 15 is 0 Å². The molecule has 0 bridgehead atoms. The predicted octanol–water partition coefficient (Wildman–Crippen LogP) is 4.37. The summed E-state index contributed by atoms with van der Waals surface area (Å²) in [5.41, 5.74) is 1.79. The molecule has 0 fully saturated rings. The minimum atomic E-state index is -0.0466. The van der Waals surface area contributed by atoms with Gasteiger partial charge >= 0.3 is 0 Å². The van der Waals surface area contributed by atoms with E-state index in [1.807, 2.05) is 53.8 Å². The lowest BCUT2D eigenvalue weighted by atomic mass is 10.2. The molecule has 0 N–H and O–H groups in total. The molecule has 9 heteroatoms. The minimum Gasteiger partial charge on any atom is -0.382 e. The largest absolute Gasteiger partial charge is 0.382 e. The first-order chi connectivity index (χ1) is 15.3. The topological polar surface area (TPSA) is 74.3 Å². The molecule has 158 valence electrons. The van der Waals surface area contributed by atoms with Gasteiger partial charge in [-0.1, -0.05) is 36.0 Å². The van der Waals surface area contributed by atoms with Crippen molar-refractivity contribution in [2.24, 2.45) is 0 Å². The Hall–Kier alpha value is -2.75. The highest BCUT2D eigenvalue weighted by Crippen LogP contribution is 2.29. The van der Waals surface area contributed by atoms with E-state index in [9.17, 15) is 4.79 Å². The van der Waals surface area contributed by atoms with Crippen LogP contribution in [0.25, 0.3) is 26.9 Å². The zero-order valence-electron chi connectivity index (χ0n) is 17.0. The highest BCUT2D eigenvalue weighted by molar-refractivity contribution is 7.98. The van der Waals surface area contributed by atoms with E-state index in [0.717, 1.165) is 27.6 Å². The molecule has 0 spiro atoms. The number of fused-ring (bicyclic) bond motifs is 4. The lowest BCUT2D eigenvalue weighted by molar-refractivity contribution is 0.141. The van der Waals surface area contributed by atoms with Crippen LogP contribution in [0.15, 0.2) is 58.5 Å². The van der Waals surface area contributed by atoms with E-state index in [1.54, 1.807) is 27.7 Å². The van der Waals surface area contributed by atoms with Gasteiger partial charge in [0.15, 0.2) is 5.16 Å². The van der Waals surface area contributed by atoms with Gasteiger partial charge in [-0.25, -0.2) is 4.98 Å². The van der Waals surface area contributed by atoms with Crippen LogP contribution in [-0.4, -0.2) is 37.4 Å². The third-order valence-corrected chi connectivity index (χ3v) is 7.17. The fraction of sp³-hybridized carbons (Fsp3) is 0.273. The number of nitrogens with zero attached hydrogens (tertiary/aromatic N) is 5. The molecule has 5 aromatic rings. The third-order valence-electron chi connectivity index (χ3n) is 5.02. The van der Waals surface area contributed by atoms with Crippen LogP contribution in [-0.2, 0) is 17.0 Å². The number of hydrogen-bond donors (Lipinski definition) is 0. The molecular formula is C22H21N5O2S2. The zero-order chi connectivity index (χ0) is 21.2. The fourth-order valence-corrected chi connectivity index (χ4v) is 5.51. The average molecular weight is 452 g/mol. The molecule has 0 aliphatic rings. The predicted molar refractivity (Wildman–Crippen MR) is 125 cm³/mol. The summed E-state index contributed by atoms with van der Waals surface area (Å²) in [4.78, 5) is 17.8.